The average molecular weight is 490 g/mol. The largest absolute Gasteiger partial charge is 0.493 e. The first kappa shape index (κ1) is 24.0. The van der Waals surface area contributed by atoms with E-state index in [1.807, 2.05) is 72.8 Å². The zero-order valence-corrected chi connectivity index (χ0v) is 21.0. The Labute approximate surface area is 210 Å². The molecule has 3 aromatic carbocycles. The number of amides is 1. The van der Waals surface area contributed by atoms with Crippen molar-refractivity contribution in [1.82, 2.24) is 4.90 Å². The number of para-hydroxylation sites is 1. The Balaban J connectivity index is 1.35. The van der Waals surface area contributed by atoms with Gasteiger partial charge in [0.15, 0.2) is 0 Å². The number of nitrogens with zero attached hydrogens (tertiary/aromatic N) is 1. The van der Waals surface area contributed by atoms with Crippen LogP contribution in [-0.4, -0.2) is 28.3 Å². The van der Waals surface area contributed by atoms with Crippen LogP contribution in [0.25, 0.3) is 6.08 Å². The fraction of sp³-hybridized carbons (Fsp3) is 0.214. The number of hydrogen-bond donors (Lipinski definition) is 0. The number of benzene rings is 3. The van der Waals surface area contributed by atoms with Crippen LogP contribution in [0.2, 0.25) is 0 Å². The topological polar surface area (TPSA) is 38.8 Å². The lowest BCUT2D eigenvalue weighted by Gasteiger charge is -2.14. The molecule has 0 spiro atoms. The van der Waals surface area contributed by atoms with Crippen LogP contribution in [0.5, 0.6) is 11.5 Å². The van der Waals surface area contributed by atoms with Gasteiger partial charge in [-0.2, -0.15) is 0 Å². The van der Waals surface area contributed by atoms with Crippen LogP contribution in [-0.2, 0) is 11.3 Å². The maximum atomic E-state index is 13.0. The third kappa shape index (κ3) is 6.27. The SMILES string of the molecule is Cc1cc(C)cc(OCCCOc2ccccc2/C=C2\SC(=S)N(Cc3ccccc3)C2=O)c1. The Bertz CT molecular complexity index is 1190. The molecule has 4 rings (SSSR count). The summed E-state index contributed by atoms with van der Waals surface area (Å²) >= 11 is 6.81. The highest BCUT2D eigenvalue weighted by Crippen LogP contribution is 2.35. The number of ether oxygens (including phenoxy) is 2. The summed E-state index contributed by atoms with van der Waals surface area (Å²) in [5, 5.41) is 0. The van der Waals surface area contributed by atoms with Gasteiger partial charge >= 0.3 is 0 Å². The van der Waals surface area contributed by atoms with Gasteiger partial charge in [-0.25, -0.2) is 0 Å². The first-order valence-electron chi connectivity index (χ1n) is 11.2. The van der Waals surface area contributed by atoms with Crippen LogP contribution >= 0.6 is 24.0 Å². The summed E-state index contributed by atoms with van der Waals surface area (Å²) in [6.07, 6.45) is 2.62. The Morgan fingerprint density at radius 3 is 2.35 bits per heavy atom. The molecule has 6 heteroatoms. The van der Waals surface area contributed by atoms with E-state index < -0.39 is 0 Å². The number of carbonyl (C=O) groups excluding carboxylic acids is 1. The molecule has 1 aliphatic rings. The van der Waals surface area contributed by atoms with Crippen molar-refractivity contribution >= 4 is 40.3 Å². The lowest BCUT2D eigenvalue weighted by Crippen LogP contribution is -2.27. The number of rotatable bonds is 9. The van der Waals surface area contributed by atoms with Crippen LogP contribution in [0.4, 0.5) is 0 Å². The second-order valence-corrected chi connectivity index (χ2v) is 9.84. The molecule has 0 aromatic heterocycles. The molecule has 0 aliphatic carbocycles. The number of hydrogen-bond acceptors (Lipinski definition) is 5. The van der Waals surface area contributed by atoms with Crippen LogP contribution in [0.1, 0.15) is 28.7 Å². The number of carbonyl (C=O) groups is 1. The quantitative estimate of drug-likeness (QED) is 0.194. The molecule has 174 valence electrons. The van der Waals surface area contributed by atoms with Crippen LogP contribution in [0.3, 0.4) is 0 Å². The fourth-order valence-corrected chi connectivity index (χ4v) is 4.97. The van der Waals surface area contributed by atoms with E-state index in [4.69, 9.17) is 21.7 Å². The van der Waals surface area contributed by atoms with Gasteiger partial charge in [0.2, 0.25) is 0 Å². The lowest BCUT2D eigenvalue weighted by molar-refractivity contribution is -0.122. The monoisotopic (exact) mass is 489 g/mol. The lowest BCUT2D eigenvalue weighted by atomic mass is 10.1. The summed E-state index contributed by atoms with van der Waals surface area (Å²) in [6.45, 7) is 5.69. The van der Waals surface area contributed by atoms with Crippen molar-refractivity contribution in [2.24, 2.45) is 0 Å². The van der Waals surface area contributed by atoms with E-state index in [0.717, 1.165) is 29.0 Å². The van der Waals surface area contributed by atoms with Crippen molar-refractivity contribution in [3.8, 4) is 11.5 Å². The first-order chi connectivity index (χ1) is 16.5. The molecule has 0 saturated carbocycles. The molecule has 1 fully saturated rings. The summed E-state index contributed by atoms with van der Waals surface area (Å²) in [5.74, 6) is 1.55. The highest BCUT2D eigenvalue weighted by atomic mass is 32.2. The Morgan fingerprint density at radius 2 is 1.59 bits per heavy atom. The van der Waals surface area contributed by atoms with Gasteiger partial charge in [-0.05, 0) is 54.8 Å². The predicted octanol–water partition coefficient (Wildman–Crippen LogP) is 6.55. The van der Waals surface area contributed by atoms with E-state index in [1.54, 1.807) is 4.90 Å². The maximum absolute atomic E-state index is 13.0. The average Bonchev–Trinajstić information content (AvgIpc) is 3.07. The molecule has 1 saturated heterocycles. The molecule has 3 aromatic rings. The summed E-state index contributed by atoms with van der Waals surface area (Å²) in [4.78, 5) is 15.3. The maximum Gasteiger partial charge on any atom is 0.266 e. The molecule has 1 aliphatic heterocycles. The molecular formula is C28H27NO3S2. The highest BCUT2D eigenvalue weighted by Gasteiger charge is 2.32. The van der Waals surface area contributed by atoms with E-state index in [1.165, 1.54) is 22.9 Å². The van der Waals surface area contributed by atoms with Crippen molar-refractivity contribution in [2.45, 2.75) is 26.8 Å². The Hall–Kier alpha value is -3.09. The standard InChI is InChI=1S/C28H27NO3S2/c1-20-15-21(2)17-24(16-20)31-13-8-14-32-25-12-7-6-11-23(25)18-26-27(30)29(28(33)34-26)19-22-9-4-3-5-10-22/h3-7,9-12,15-18H,8,13-14,19H2,1-2H3/b26-18-. The van der Waals surface area contributed by atoms with Gasteiger partial charge in [0.05, 0.1) is 24.7 Å². The molecule has 0 radical (unpaired) electrons. The van der Waals surface area contributed by atoms with E-state index >= 15 is 0 Å². The third-order valence-electron chi connectivity index (χ3n) is 5.27. The van der Waals surface area contributed by atoms with Crippen LogP contribution in [0.15, 0.2) is 77.7 Å². The van der Waals surface area contributed by atoms with Crippen LogP contribution < -0.4 is 9.47 Å². The second-order valence-electron chi connectivity index (χ2n) is 8.17. The zero-order valence-electron chi connectivity index (χ0n) is 19.3. The van der Waals surface area contributed by atoms with Crippen molar-refractivity contribution in [1.29, 1.82) is 0 Å². The minimum absolute atomic E-state index is 0.0736. The molecule has 34 heavy (non-hydrogen) atoms. The van der Waals surface area contributed by atoms with Gasteiger partial charge in [-0.1, -0.05) is 78.6 Å². The normalized spacial score (nSPS) is 14.6. The highest BCUT2D eigenvalue weighted by molar-refractivity contribution is 8.26. The number of aryl methyl sites for hydroxylation is 2. The molecule has 1 heterocycles. The van der Waals surface area contributed by atoms with Gasteiger partial charge in [0.1, 0.15) is 15.8 Å². The van der Waals surface area contributed by atoms with Crippen LogP contribution in [0, 0.1) is 13.8 Å². The summed E-state index contributed by atoms with van der Waals surface area (Å²) in [6, 6.07) is 23.8. The van der Waals surface area contributed by atoms with Crippen molar-refractivity contribution in [3.63, 3.8) is 0 Å². The van der Waals surface area contributed by atoms with Gasteiger partial charge in [0, 0.05) is 12.0 Å². The molecule has 1 amide bonds. The summed E-state index contributed by atoms with van der Waals surface area (Å²) in [7, 11) is 0. The summed E-state index contributed by atoms with van der Waals surface area (Å²) in [5.41, 5.74) is 4.29. The van der Waals surface area contributed by atoms with E-state index in [-0.39, 0.29) is 5.91 Å². The molecular weight excluding hydrogens is 462 g/mol. The Kier molecular flexibility index (Phi) is 8.03. The smallest absolute Gasteiger partial charge is 0.266 e. The van der Waals surface area contributed by atoms with E-state index in [9.17, 15) is 4.79 Å². The first-order valence-corrected chi connectivity index (χ1v) is 12.4. The van der Waals surface area contributed by atoms with Crippen molar-refractivity contribution in [2.75, 3.05) is 13.2 Å². The van der Waals surface area contributed by atoms with Gasteiger partial charge in [0.25, 0.3) is 5.91 Å². The number of thiocarbonyl (C=S) groups is 1. The minimum atomic E-state index is -0.0736. The Morgan fingerprint density at radius 1 is 0.912 bits per heavy atom. The van der Waals surface area contributed by atoms with E-state index in [2.05, 4.69) is 19.9 Å². The zero-order chi connectivity index (χ0) is 23.9. The number of thioether (sulfide) groups is 1. The van der Waals surface area contributed by atoms with Gasteiger partial charge in [-0.3, -0.25) is 9.69 Å². The molecule has 0 bridgehead atoms. The molecule has 0 atom stereocenters. The van der Waals surface area contributed by atoms with Gasteiger partial charge in [-0.15, -0.1) is 0 Å². The molecule has 0 N–H and O–H groups in total. The van der Waals surface area contributed by atoms with Crippen molar-refractivity contribution < 1.29 is 14.3 Å². The molecule has 0 unspecified atom stereocenters. The molecule has 4 nitrogen and oxygen atoms in total. The van der Waals surface area contributed by atoms with Gasteiger partial charge < -0.3 is 9.47 Å². The fourth-order valence-electron chi connectivity index (χ4n) is 3.72. The predicted molar refractivity (Wildman–Crippen MR) is 143 cm³/mol. The minimum Gasteiger partial charge on any atom is -0.493 e. The van der Waals surface area contributed by atoms with E-state index in [0.29, 0.717) is 29.0 Å². The summed E-state index contributed by atoms with van der Waals surface area (Å²) < 4.78 is 12.5. The third-order valence-corrected chi connectivity index (χ3v) is 6.65. The second kappa shape index (κ2) is 11.4. The van der Waals surface area contributed by atoms with Crippen molar-refractivity contribution in [3.05, 3.63) is 100.0 Å².